The molecule has 0 fully saturated rings. The third kappa shape index (κ3) is 6.76. The smallest absolute Gasteiger partial charge is 0.322 e. The van der Waals surface area contributed by atoms with Crippen LogP contribution in [0.25, 0.3) is 0 Å². The normalized spacial score (nSPS) is 9.00. The molecule has 0 atom stereocenters. The summed E-state index contributed by atoms with van der Waals surface area (Å²) in [6.07, 6.45) is 1.62. The lowest BCUT2D eigenvalue weighted by Crippen LogP contribution is -2.36. The molecule has 5 nitrogen and oxygen atoms in total. The highest BCUT2D eigenvalue weighted by Gasteiger charge is 2.01. The quantitative estimate of drug-likeness (QED) is 0.353. The van der Waals surface area contributed by atoms with Crippen molar-refractivity contribution < 1.29 is 14.7 Å². The summed E-state index contributed by atoms with van der Waals surface area (Å²) in [4.78, 5) is 20.7. The molecule has 0 aliphatic carbocycles. The molecule has 0 saturated carbocycles. The van der Waals surface area contributed by atoms with Gasteiger partial charge in [0.1, 0.15) is 6.54 Å². The first-order valence-corrected chi connectivity index (χ1v) is 3.47. The first-order chi connectivity index (χ1) is 5.66. The molecule has 3 N–H and O–H groups in total. The van der Waals surface area contributed by atoms with E-state index in [0.717, 1.165) is 0 Å². The predicted molar refractivity (Wildman–Crippen MR) is 43.7 cm³/mol. The van der Waals surface area contributed by atoms with Crippen LogP contribution in [0, 0.1) is 0 Å². The Labute approximate surface area is 70.5 Å². The summed E-state index contributed by atoms with van der Waals surface area (Å²) in [5.74, 6) is -1.38. The van der Waals surface area contributed by atoms with Crippen LogP contribution in [0.5, 0.6) is 0 Å². The minimum Gasteiger partial charge on any atom is -0.480 e. The van der Waals surface area contributed by atoms with Crippen molar-refractivity contribution in [2.24, 2.45) is 0 Å². The Morgan fingerprint density at radius 3 is 2.58 bits per heavy atom. The zero-order valence-electron chi connectivity index (χ0n) is 6.67. The fourth-order valence-electron chi connectivity index (χ4n) is 0.524. The Morgan fingerprint density at radius 2 is 2.08 bits per heavy atom. The molecule has 12 heavy (non-hydrogen) atoms. The van der Waals surface area contributed by atoms with Gasteiger partial charge in [0.15, 0.2) is 0 Å². The Morgan fingerprint density at radius 1 is 1.42 bits per heavy atom. The predicted octanol–water partition coefficient (Wildman–Crippen LogP) is -1.04. The number of hydrogen-bond donors (Lipinski definition) is 3. The maximum Gasteiger partial charge on any atom is 0.322 e. The molecule has 0 aliphatic rings. The number of hydrogen-bond acceptors (Lipinski definition) is 3. The lowest BCUT2D eigenvalue weighted by atomic mass is 10.5. The molecule has 0 aromatic carbocycles. The van der Waals surface area contributed by atoms with Crippen molar-refractivity contribution in [3.8, 4) is 0 Å². The van der Waals surface area contributed by atoms with E-state index >= 15 is 0 Å². The van der Waals surface area contributed by atoms with Crippen molar-refractivity contribution in [3.63, 3.8) is 0 Å². The third-order valence-corrected chi connectivity index (χ3v) is 1.01. The van der Waals surface area contributed by atoms with E-state index in [2.05, 4.69) is 17.2 Å². The lowest BCUT2D eigenvalue weighted by Gasteiger charge is -2.01. The van der Waals surface area contributed by atoms with Crippen LogP contribution in [-0.4, -0.2) is 36.6 Å². The van der Waals surface area contributed by atoms with E-state index in [1.807, 2.05) is 0 Å². The van der Waals surface area contributed by atoms with Crippen molar-refractivity contribution in [1.82, 2.24) is 10.6 Å². The van der Waals surface area contributed by atoms with E-state index in [0.29, 0.717) is 6.54 Å². The minimum atomic E-state index is -1.05. The first kappa shape index (κ1) is 10.6. The summed E-state index contributed by atoms with van der Waals surface area (Å²) >= 11 is 0. The van der Waals surface area contributed by atoms with Gasteiger partial charge in [-0.3, -0.25) is 9.59 Å². The molecule has 0 spiro atoms. The van der Waals surface area contributed by atoms with Gasteiger partial charge in [0.2, 0.25) is 5.91 Å². The number of nitrogens with one attached hydrogen (secondary N) is 2. The van der Waals surface area contributed by atoms with Crippen molar-refractivity contribution >= 4 is 11.9 Å². The van der Waals surface area contributed by atoms with Crippen molar-refractivity contribution in [2.45, 2.75) is 0 Å². The molecule has 0 bridgehead atoms. The second-order valence-electron chi connectivity index (χ2n) is 2.09. The second kappa shape index (κ2) is 6.36. The molecule has 1 amide bonds. The molecule has 0 heterocycles. The van der Waals surface area contributed by atoms with Crippen LogP contribution in [0.2, 0.25) is 0 Å². The topological polar surface area (TPSA) is 78.4 Å². The van der Waals surface area contributed by atoms with Gasteiger partial charge in [-0.25, -0.2) is 0 Å². The molecule has 0 rings (SSSR count). The van der Waals surface area contributed by atoms with Crippen molar-refractivity contribution in [2.75, 3.05) is 19.6 Å². The van der Waals surface area contributed by atoms with Crippen molar-refractivity contribution in [1.29, 1.82) is 0 Å². The number of aliphatic carboxylic acids is 1. The average Bonchev–Trinajstić information content (AvgIpc) is 2.01. The summed E-state index contributed by atoms with van der Waals surface area (Å²) in [6, 6.07) is 0. The van der Waals surface area contributed by atoms with Crippen LogP contribution in [0.15, 0.2) is 12.7 Å². The molecule has 5 heteroatoms. The van der Waals surface area contributed by atoms with Crippen LogP contribution in [0.1, 0.15) is 0 Å². The summed E-state index contributed by atoms with van der Waals surface area (Å²) in [5.41, 5.74) is 0. The van der Waals surface area contributed by atoms with E-state index < -0.39 is 5.97 Å². The largest absolute Gasteiger partial charge is 0.480 e. The Bertz CT molecular complexity index is 179. The Hall–Kier alpha value is -1.36. The summed E-state index contributed by atoms with van der Waals surface area (Å²) in [5, 5.41) is 13.1. The van der Waals surface area contributed by atoms with E-state index in [-0.39, 0.29) is 19.0 Å². The Balaban J connectivity index is 3.33. The zero-order chi connectivity index (χ0) is 9.40. The summed E-state index contributed by atoms with van der Waals surface area (Å²) in [6.45, 7) is 3.74. The number of rotatable bonds is 6. The van der Waals surface area contributed by atoms with Crippen LogP contribution in [0.3, 0.4) is 0 Å². The van der Waals surface area contributed by atoms with E-state index in [1.54, 1.807) is 6.08 Å². The summed E-state index contributed by atoms with van der Waals surface area (Å²) < 4.78 is 0. The number of carboxylic acids is 1. The molecular weight excluding hydrogens is 160 g/mol. The van der Waals surface area contributed by atoms with E-state index in [9.17, 15) is 9.59 Å². The monoisotopic (exact) mass is 172 g/mol. The highest BCUT2D eigenvalue weighted by Crippen LogP contribution is 1.66. The van der Waals surface area contributed by atoms with Crippen LogP contribution < -0.4 is 10.6 Å². The van der Waals surface area contributed by atoms with Gasteiger partial charge in [0.05, 0.1) is 6.54 Å². The van der Waals surface area contributed by atoms with Gasteiger partial charge in [-0.15, -0.1) is 6.58 Å². The SMILES string of the molecule is C=CCNCC(=O)NCC(=O)O. The van der Waals surface area contributed by atoms with Gasteiger partial charge in [0, 0.05) is 6.54 Å². The van der Waals surface area contributed by atoms with Gasteiger partial charge < -0.3 is 15.7 Å². The maximum absolute atomic E-state index is 10.8. The van der Waals surface area contributed by atoms with Crippen LogP contribution in [-0.2, 0) is 9.59 Å². The molecular formula is C7H12N2O3. The molecule has 0 aromatic heterocycles. The molecule has 0 radical (unpaired) electrons. The van der Waals surface area contributed by atoms with Gasteiger partial charge in [0.25, 0.3) is 0 Å². The van der Waals surface area contributed by atoms with Crippen LogP contribution >= 0.6 is 0 Å². The van der Waals surface area contributed by atoms with E-state index in [4.69, 9.17) is 5.11 Å². The third-order valence-electron chi connectivity index (χ3n) is 1.01. The minimum absolute atomic E-state index is 0.110. The maximum atomic E-state index is 10.8. The summed E-state index contributed by atoms with van der Waals surface area (Å²) in [7, 11) is 0. The highest BCUT2D eigenvalue weighted by molar-refractivity contribution is 5.82. The highest BCUT2D eigenvalue weighted by atomic mass is 16.4. The van der Waals surface area contributed by atoms with E-state index in [1.165, 1.54) is 0 Å². The van der Waals surface area contributed by atoms with Gasteiger partial charge in [-0.2, -0.15) is 0 Å². The molecule has 0 saturated heterocycles. The van der Waals surface area contributed by atoms with Gasteiger partial charge in [-0.1, -0.05) is 6.08 Å². The van der Waals surface area contributed by atoms with Gasteiger partial charge in [-0.05, 0) is 0 Å². The molecule has 0 aliphatic heterocycles. The lowest BCUT2D eigenvalue weighted by molar-refractivity contribution is -0.137. The fourth-order valence-corrected chi connectivity index (χ4v) is 0.524. The molecule has 0 unspecified atom stereocenters. The van der Waals surface area contributed by atoms with Crippen LogP contribution in [0.4, 0.5) is 0 Å². The number of carboxylic acid groups (broad SMARTS) is 1. The molecule has 68 valence electrons. The number of amides is 1. The molecule has 0 aromatic rings. The zero-order valence-corrected chi connectivity index (χ0v) is 6.67. The second-order valence-corrected chi connectivity index (χ2v) is 2.09. The number of carbonyl (C=O) groups excluding carboxylic acids is 1. The number of carbonyl (C=O) groups is 2. The standard InChI is InChI=1S/C7H12N2O3/c1-2-3-8-4-6(10)9-5-7(11)12/h2,8H,1,3-5H2,(H,9,10)(H,11,12). The van der Waals surface area contributed by atoms with Crippen molar-refractivity contribution in [3.05, 3.63) is 12.7 Å². The average molecular weight is 172 g/mol. The Kier molecular flexibility index (Phi) is 5.64. The fraction of sp³-hybridized carbons (Fsp3) is 0.429. The van der Waals surface area contributed by atoms with Gasteiger partial charge >= 0.3 is 5.97 Å². The first-order valence-electron chi connectivity index (χ1n) is 3.47.